The van der Waals surface area contributed by atoms with Gasteiger partial charge in [0, 0.05) is 11.1 Å². The number of rotatable bonds is 6. The van der Waals surface area contributed by atoms with Gasteiger partial charge in [-0.15, -0.1) is 0 Å². The number of ether oxygens (including phenoxy) is 2. The smallest absolute Gasteiger partial charge is 0.494 e. The van der Waals surface area contributed by atoms with Crippen LogP contribution in [0.1, 0.15) is 20.9 Å². The van der Waals surface area contributed by atoms with E-state index in [1.807, 2.05) is 0 Å². The fourth-order valence-electron chi connectivity index (χ4n) is 3.09. The van der Waals surface area contributed by atoms with Crippen molar-refractivity contribution >= 4 is 34.1 Å². The first-order chi connectivity index (χ1) is 14.8. The number of halogens is 6. The molecule has 6 nitrogen and oxygen atoms in total. The summed E-state index contributed by atoms with van der Waals surface area (Å²) in [5.41, 5.74) is 0.00321. The zero-order valence-electron chi connectivity index (χ0n) is 16.2. The monoisotopic (exact) mass is 481 g/mol. The summed E-state index contributed by atoms with van der Waals surface area (Å²) in [6.45, 7) is 1.35. The fraction of sp³-hybridized carbons (Fsp3) is 0.263. The summed E-state index contributed by atoms with van der Waals surface area (Å²) in [5, 5.41) is 8.13. The highest BCUT2D eigenvalue weighted by molar-refractivity contribution is 7.15. The quantitative estimate of drug-likeness (QED) is 0.501. The van der Waals surface area contributed by atoms with Gasteiger partial charge in [-0.25, -0.2) is 4.39 Å². The van der Waals surface area contributed by atoms with Crippen molar-refractivity contribution in [3.8, 4) is 10.8 Å². The summed E-state index contributed by atoms with van der Waals surface area (Å²) in [6.07, 6.45) is -12.1. The summed E-state index contributed by atoms with van der Waals surface area (Å²) in [5.74, 6) is -3.31. The van der Waals surface area contributed by atoms with Crippen molar-refractivity contribution in [2.24, 2.45) is 0 Å². The Morgan fingerprint density at radius 3 is 2.34 bits per heavy atom. The van der Waals surface area contributed by atoms with Gasteiger partial charge >= 0.3 is 18.3 Å². The van der Waals surface area contributed by atoms with Gasteiger partial charge in [0.25, 0.3) is 5.91 Å². The summed E-state index contributed by atoms with van der Waals surface area (Å²) in [6, 6.07) is 4.24. The maximum absolute atomic E-state index is 14.9. The lowest BCUT2D eigenvalue weighted by molar-refractivity contribution is -0.359. The highest BCUT2D eigenvalue weighted by Gasteiger charge is 2.61. The first-order valence-electron chi connectivity index (χ1n) is 8.64. The predicted octanol–water partition coefficient (Wildman–Crippen LogP) is 5.01. The molecule has 0 bridgehead atoms. The van der Waals surface area contributed by atoms with Crippen LogP contribution < -0.4 is 9.47 Å². The van der Waals surface area contributed by atoms with Crippen LogP contribution >= 0.6 is 11.3 Å². The number of hydrogen-bond acceptors (Lipinski definition) is 5. The van der Waals surface area contributed by atoms with Crippen LogP contribution in [0.4, 0.5) is 26.3 Å². The number of hydrogen-bond donors (Lipinski definition) is 1. The van der Waals surface area contributed by atoms with Crippen molar-refractivity contribution in [3.05, 3.63) is 46.2 Å². The van der Waals surface area contributed by atoms with Crippen LogP contribution in [0.2, 0.25) is 0 Å². The summed E-state index contributed by atoms with van der Waals surface area (Å²) < 4.78 is 87.7. The summed E-state index contributed by atoms with van der Waals surface area (Å²) in [4.78, 5) is 24.0. The zero-order valence-corrected chi connectivity index (χ0v) is 17.0. The van der Waals surface area contributed by atoms with Crippen molar-refractivity contribution in [2.75, 3.05) is 7.11 Å². The Bertz CT molecular complexity index is 1210. The third-order valence-electron chi connectivity index (χ3n) is 4.50. The van der Waals surface area contributed by atoms with Gasteiger partial charge in [0.15, 0.2) is 16.6 Å². The minimum absolute atomic E-state index is 0.0196. The molecule has 13 heteroatoms. The topological polar surface area (TPSA) is 77.8 Å². The van der Waals surface area contributed by atoms with Crippen molar-refractivity contribution in [1.82, 2.24) is 4.57 Å². The van der Waals surface area contributed by atoms with Gasteiger partial charge in [0.1, 0.15) is 0 Å². The predicted molar refractivity (Wildman–Crippen MR) is 100 cm³/mol. The van der Waals surface area contributed by atoms with Gasteiger partial charge in [0.05, 0.1) is 23.9 Å². The number of aliphatic carboxylic acids is 1. The number of thiophene rings is 1. The third kappa shape index (κ3) is 3.99. The maximum atomic E-state index is 14.9. The van der Waals surface area contributed by atoms with Gasteiger partial charge in [0.2, 0.25) is 0 Å². The van der Waals surface area contributed by atoms with Crippen LogP contribution in [0, 0.1) is 12.7 Å². The van der Waals surface area contributed by atoms with Crippen molar-refractivity contribution in [1.29, 1.82) is 0 Å². The first-order valence-corrected chi connectivity index (χ1v) is 9.46. The van der Waals surface area contributed by atoms with Crippen LogP contribution in [0.5, 0.6) is 10.8 Å². The lowest BCUT2D eigenvalue weighted by atomic mass is 10.1. The van der Waals surface area contributed by atoms with Crippen molar-refractivity contribution in [2.45, 2.75) is 25.6 Å². The highest BCUT2D eigenvalue weighted by Crippen LogP contribution is 2.40. The number of aromatic nitrogens is 1. The Morgan fingerprint density at radius 2 is 1.78 bits per heavy atom. The second-order valence-electron chi connectivity index (χ2n) is 6.49. The number of carboxylic acid groups (broad SMARTS) is 1. The average Bonchev–Trinajstić information content (AvgIpc) is 3.23. The Hall–Kier alpha value is -3.22. The average molecular weight is 481 g/mol. The molecule has 2 aromatic heterocycles. The standard InChI is InChI=1S/C19H13F6NO5S/c1-8-9(7-13(27)28)15-10(3-4-11(30-2)16(15)20)26(8)17(29)12-5-6-14(32-12)31-19(24,25)18(21,22)23/h3-6H,7H2,1-2H3,(H,27,28). The van der Waals surface area contributed by atoms with Crippen LogP contribution in [-0.2, 0) is 11.2 Å². The molecule has 32 heavy (non-hydrogen) atoms. The molecule has 0 saturated heterocycles. The molecule has 2 heterocycles. The van der Waals surface area contributed by atoms with E-state index in [9.17, 15) is 41.0 Å². The van der Waals surface area contributed by atoms with Crippen LogP contribution in [0.15, 0.2) is 24.3 Å². The van der Waals surface area contributed by atoms with Crippen LogP contribution in [0.25, 0.3) is 10.9 Å². The Labute approximate surface area is 179 Å². The van der Waals surface area contributed by atoms with E-state index in [2.05, 4.69) is 4.74 Å². The second kappa shape index (κ2) is 8.04. The molecule has 172 valence electrons. The van der Waals surface area contributed by atoms with Crippen LogP contribution in [0.3, 0.4) is 0 Å². The molecule has 1 N–H and O–H groups in total. The van der Waals surface area contributed by atoms with E-state index >= 15 is 0 Å². The van der Waals surface area contributed by atoms with Crippen molar-refractivity contribution < 1.29 is 50.5 Å². The van der Waals surface area contributed by atoms with E-state index in [0.29, 0.717) is 0 Å². The molecule has 0 spiro atoms. The molecule has 0 aliphatic carbocycles. The highest BCUT2D eigenvalue weighted by atomic mass is 32.1. The Morgan fingerprint density at radius 1 is 1.12 bits per heavy atom. The molecule has 0 atom stereocenters. The zero-order chi connectivity index (χ0) is 24.0. The number of carboxylic acids is 1. The molecule has 3 rings (SSSR count). The molecule has 0 aliphatic rings. The van der Waals surface area contributed by atoms with E-state index in [1.165, 1.54) is 26.2 Å². The lowest BCUT2D eigenvalue weighted by Crippen LogP contribution is -2.41. The van der Waals surface area contributed by atoms with E-state index in [-0.39, 0.29) is 44.1 Å². The minimum Gasteiger partial charge on any atom is -0.494 e. The molecular weight excluding hydrogens is 468 g/mol. The molecule has 1 aromatic carbocycles. The molecule has 0 saturated carbocycles. The molecule has 0 radical (unpaired) electrons. The van der Waals surface area contributed by atoms with E-state index in [4.69, 9.17) is 4.74 Å². The molecule has 0 amide bonds. The van der Waals surface area contributed by atoms with Crippen LogP contribution in [-0.4, -0.2) is 40.9 Å². The molecular formula is C19H13F6NO5S. The van der Waals surface area contributed by atoms with Gasteiger partial charge in [-0.3, -0.25) is 14.2 Å². The molecule has 0 fully saturated rings. The van der Waals surface area contributed by atoms with Gasteiger partial charge in [-0.05, 0) is 36.8 Å². The molecule has 0 aliphatic heterocycles. The Kier molecular flexibility index (Phi) is 5.89. The number of methoxy groups -OCH3 is 1. The fourth-order valence-corrected chi connectivity index (χ4v) is 3.90. The largest absolute Gasteiger partial charge is 0.499 e. The maximum Gasteiger partial charge on any atom is 0.499 e. The first kappa shape index (κ1) is 23.4. The summed E-state index contributed by atoms with van der Waals surface area (Å²) >= 11 is 0.224. The number of carbonyl (C=O) groups excluding carboxylic acids is 1. The number of alkyl halides is 5. The van der Waals surface area contributed by atoms with Gasteiger partial charge < -0.3 is 14.6 Å². The van der Waals surface area contributed by atoms with E-state index in [0.717, 1.165) is 16.7 Å². The molecule has 3 aromatic rings. The van der Waals surface area contributed by atoms with E-state index in [1.54, 1.807) is 0 Å². The Balaban J connectivity index is 2.10. The normalized spacial score (nSPS) is 12.2. The molecule has 0 unspecified atom stereocenters. The number of carbonyl (C=O) groups is 2. The van der Waals surface area contributed by atoms with Gasteiger partial charge in [-0.2, -0.15) is 22.0 Å². The third-order valence-corrected chi connectivity index (χ3v) is 5.45. The number of nitrogens with zero attached hydrogens (tertiary/aromatic N) is 1. The summed E-state index contributed by atoms with van der Waals surface area (Å²) in [7, 11) is 1.19. The van der Waals surface area contributed by atoms with E-state index < -0.39 is 41.5 Å². The van der Waals surface area contributed by atoms with Gasteiger partial charge in [-0.1, -0.05) is 11.3 Å². The number of benzene rings is 1. The SMILES string of the molecule is COc1ccc2c(c1F)c(CC(=O)O)c(C)n2C(=O)c1ccc(OC(F)(F)C(F)(F)F)s1. The number of fused-ring (bicyclic) bond motifs is 1. The second-order valence-corrected chi connectivity index (χ2v) is 7.53. The lowest BCUT2D eigenvalue weighted by Gasteiger charge is -2.18. The van der Waals surface area contributed by atoms with Crippen molar-refractivity contribution in [3.63, 3.8) is 0 Å². The minimum atomic E-state index is -5.96.